The SMILES string of the molecule is Cc1ccc(NC(=O)COC(=O)COc2ccc3c4c(c(=O)oc3c2)CCC4)cc1. The van der Waals surface area contributed by atoms with E-state index in [0.717, 1.165) is 41.3 Å². The monoisotopic (exact) mass is 407 g/mol. The maximum Gasteiger partial charge on any atom is 0.344 e. The molecule has 7 nitrogen and oxygen atoms in total. The smallest absolute Gasteiger partial charge is 0.344 e. The predicted molar refractivity (Wildman–Crippen MR) is 111 cm³/mol. The Morgan fingerprint density at radius 2 is 1.80 bits per heavy atom. The molecule has 0 aliphatic heterocycles. The molecule has 0 saturated carbocycles. The second kappa shape index (κ2) is 8.41. The van der Waals surface area contributed by atoms with Crippen LogP contribution in [-0.4, -0.2) is 25.1 Å². The summed E-state index contributed by atoms with van der Waals surface area (Å²) in [6, 6.07) is 12.4. The van der Waals surface area contributed by atoms with E-state index in [9.17, 15) is 14.4 Å². The van der Waals surface area contributed by atoms with Crippen molar-refractivity contribution in [3.05, 3.63) is 69.6 Å². The molecule has 1 amide bonds. The van der Waals surface area contributed by atoms with Gasteiger partial charge in [0.25, 0.3) is 5.91 Å². The lowest BCUT2D eigenvalue weighted by Gasteiger charge is -2.09. The molecule has 154 valence electrons. The van der Waals surface area contributed by atoms with Gasteiger partial charge in [-0.2, -0.15) is 0 Å². The first-order chi connectivity index (χ1) is 14.5. The lowest BCUT2D eigenvalue weighted by molar-refractivity contribution is -0.149. The van der Waals surface area contributed by atoms with Crippen LogP contribution >= 0.6 is 0 Å². The summed E-state index contributed by atoms with van der Waals surface area (Å²) in [5.74, 6) is -0.734. The molecule has 1 aromatic heterocycles. The molecule has 2 aromatic carbocycles. The number of amides is 1. The van der Waals surface area contributed by atoms with Crippen molar-refractivity contribution in [2.24, 2.45) is 0 Å². The van der Waals surface area contributed by atoms with Gasteiger partial charge in [0.05, 0.1) is 0 Å². The second-order valence-electron chi connectivity index (χ2n) is 7.22. The molecule has 30 heavy (non-hydrogen) atoms. The van der Waals surface area contributed by atoms with Crippen LogP contribution in [0.3, 0.4) is 0 Å². The fourth-order valence-electron chi connectivity index (χ4n) is 3.52. The molecular formula is C23H21NO6. The molecule has 0 saturated heterocycles. The highest BCUT2D eigenvalue weighted by molar-refractivity contribution is 5.92. The number of ether oxygens (including phenoxy) is 2. The Morgan fingerprint density at radius 1 is 1.03 bits per heavy atom. The van der Waals surface area contributed by atoms with Gasteiger partial charge in [-0.1, -0.05) is 17.7 Å². The second-order valence-corrected chi connectivity index (χ2v) is 7.22. The van der Waals surface area contributed by atoms with E-state index in [-0.39, 0.29) is 12.2 Å². The van der Waals surface area contributed by atoms with Crippen LogP contribution in [0.1, 0.15) is 23.1 Å². The van der Waals surface area contributed by atoms with Gasteiger partial charge in [-0.3, -0.25) is 4.79 Å². The maximum absolute atomic E-state index is 12.1. The topological polar surface area (TPSA) is 94.8 Å². The van der Waals surface area contributed by atoms with Crippen molar-refractivity contribution < 1.29 is 23.5 Å². The zero-order valence-corrected chi connectivity index (χ0v) is 16.5. The van der Waals surface area contributed by atoms with Crippen molar-refractivity contribution in [3.63, 3.8) is 0 Å². The van der Waals surface area contributed by atoms with Crippen LogP contribution in [0, 0.1) is 6.92 Å². The highest BCUT2D eigenvalue weighted by Gasteiger charge is 2.19. The first kappa shape index (κ1) is 19.7. The molecule has 7 heteroatoms. The minimum absolute atomic E-state index is 0.314. The van der Waals surface area contributed by atoms with Crippen LogP contribution < -0.4 is 15.7 Å². The number of rotatable bonds is 6. The van der Waals surface area contributed by atoms with E-state index in [1.165, 1.54) is 0 Å². The third-order valence-corrected chi connectivity index (χ3v) is 5.00. The highest BCUT2D eigenvalue weighted by Crippen LogP contribution is 2.29. The van der Waals surface area contributed by atoms with Gasteiger partial charge in [0.15, 0.2) is 13.2 Å². The number of anilines is 1. The standard InChI is InChI=1S/C23H21NO6/c1-14-5-7-15(8-6-14)24-21(25)12-29-22(26)13-28-16-9-10-18-17-3-2-4-19(17)23(27)30-20(18)11-16/h5-11H,2-4,12-13H2,1H3,(H,24,25). The molecule has 0 spiro atoms. The summed E-state index contributed by atoms with van der Waals surface area (Å²) in [6.45, 7) is 1.18. The van der Waals surface area contributed by atoms with Gasteiger partial charge < -0.3 is 19.2 Å². The van der Waals surface area contributed by atoms with E-state index >= 15 is 0 Å². The summed E-state index contributed by atoms with van der Waals surface area (Å²) in [5, 5.41) is 3.54. The zero-order chi connectivity index (χ0) is 21.1. The third kappa shape index (κ3) is 4.35. The molecule has 1 N–H and O–H groups in total. The molecule has 0 atom stereocenters. The number of hydrogen-bond acceptors (Lipinski definition) is 6. The maximum atomic E-state index is 12.1. The molecule has 0 bridgehead atoms. The molecule has 3 aromatic rings. The summed E-state index contributed by atoms with van der Waals surface area (Å²) >= 11 is 0. The fourth-order valence-corrected chi connectivity index (χ4v) is 3.52. The number of esters is 1. The number of fused-ring (bicyclic) bond motifs is 3. The van der Waals surface area contributed by atoms with E-state index in [2.05, 4.69) is 5.32 Å². The van der Waals surface area contributed by atoms with E-state index in [0.29, 0.717) is 17.0 Å². The van der Waals surface area contributed by atoms with Crippen LogP contribution in [0.25, 0.3) is 11.0 Å². The average molecular weight is 407 g/mol. The predicted octanol–water partition coefficient (Wildman–Crippen LogP) is 3.15. The molecule has 4 rings (SSSR count). The molecule has 1 aliphatic carbocycles. The van der Waals surface area contributed by atoms with E-state index in [1.54, 1.807) is 24.3 Å². The lowest BCUT2D eigenvalue weighted by Crippen LogP contribution is -2.23. The highest BCUT2D eigenvalue weighted by atomic mass is 16.6. The fraction of sp³-hybridized carbons (Fsp3) is 0.261. The Kier molecular flexibility index (Phi) is 5.52. The average Bonchev–Trinajstić information content (AvgIpc) is 3.23. The van der Waals surface area contributed by atoms with Crippen LogP contribution in [-0.2, 0) is 27.2 Å². The quantitative estimate of drug-likeness (QED) is 0.498. The molecule has 1 aliphatic rings. The van der Waals surface area contributed by atoms with E-state index in [4.69, 9.17) is 13.9 Å². The van der Waals surface area contributed by atoms with Crippen molar-refractivity contribution >= 4 is 28.5 Å². The number of nitrogens with one attached hydrogen (secondary N) is 1. The number of hydrogen-bond donors (Lipinski definition) is 1. The minimum atomic E-state index is -0.676. The van der Waals surface area contributed by atoms with E-state index < -0.39 is 18.5 Å². The lowest BCUT2D eigenvalue weighted by atomic mass is 10.1. The Bertz CT molecular complexity index is 1160. The summed E-state index contributed by atoms with van der Waals surface area (Å²) in [4.78, 5) is 35.8. The Hall–Kier alpha value is -3.61. The van der Waals surface area contributed by atoms with Crippen LogP contribution in [0.5, 0.6) is 5.75 Å². The molecule has 0 radical (unpaired) electrons. The normalized spacial score (nSPS) is 12.4. The van der Waals surface area contributed by atoms with Crippen molar-refractivity contribution in [1.29, 1.82) is 0 Å². The molecule has 1 heterocycles. The molecular weight excluding hydrogens is 386 g/mol. The Balaban J connectivity index is 1.31. The molecule has 0 unspecified atom stereocenters. The molecule has 0 fully saturated rings. The van der Waals surface area contributed by atoms with Crippen molar-refractivity contribution in [1.82, 2.24) is 0 Å². The zero-order valence-electron chi connectivity index (χ0n) is 16.5. The van der Waals surface area contributed by atoms with Crippen LogP contribution in [0.15, 0.2) is 51.7 Å². The summed E-state index contributed by atoms with van der Waals surface area (Å²) in [7, 11) is 0. The number of carbonyl (C=O) groups is 2. The van der Waals surface area contributed by atoms with Gasteiger partial charge in [-0.15, -0.1) is 0 Å². The first-order valence-electron chi connectivity index (χ1n) is 9.73. The van der Waals surface area contributed by atoms with Crippen LogP contribution in [0.4, 0.5) is 5.69 Å². The minimum Gasteiger partial charge on any atom is -0.482 e. The van der Waals surface area contributed by atoms with Gasteiger partial charge in [-0.25, -0.2) is 9.59 Å². The largest absolute Gasteiger partial charge is 0.482 e. The third-order valence-electron chi connectivity index (χ3n) is 5.00. The van der Waals surface area contributed by atoms with Gasteiger partial charge in [0, 0.05) is 22.7 Å². The summed E-state index contributed by atoms with van der Waals surface area (Å²) in [5.41, 5.74) is 3.61. The van der Waals surface area contributed by atoms with Crippen molar-refractivity contribution in [2.75, 3.05) is 18.5 Å². The first-order valence-corrected chi connectivity index (χ1v) is 9.73. The summed E-state index contributed by atoms with van der Waals surface area (Å²) in [6.07, 6.45) is 2.55. The van der Waals surface area contributed by atoms with Crippen LogP contribution in [0.2, 0.25) is 0 Å². The van der Waals surface area contributed by atoms with E-state index in [1.807, 2.05) is 25.1 Å². The van der Waals surface area contributed by atoms with Gasteiger partial charge in [0.1, 0.15) is 11.3 Å². The van der Waals surface area contributed by atoms with Gasteiger partial charge in [-0.05, 0) is 56.0 Å². The van der Waals surface area contributed by atoms with Gasteiger partial charge in [0.2, 0.25) is 0 Å². The Morgan fingerprint density at radius 3 is 2.60 bits per heavy atom. The number of carbonyl (C=O) groups excluding carboxylic acids is 2. The summed E-state index contributed by atoms with van der Waals surface area (Å²) < 4.78 is 15.8. The van der Waals surface area contributed by atoms with Gasteiger partial charge >= 0.3 is 11.6 Å². The number of aryl methyl sites for hydroxylation is 2. The Labute approximate surface area is 172 Å². The number of benzene rings is 2. The van der Waals surface area contributed by atoms with Crippen molar-refractivity contribution in [2.45, 2.75) is 26.2 Å². The van der Waals surface area contributed by atoms with Crippen molar-refractivity contribution in [3.8, 4) is 5.75 Å².